The molecular weight excluding hydrogens is 423 g/mol. The maximum Gasteiger partial charge on any atom is 0.248 e. The molecule has 6 nitrogen and oxygen atoms in total. The van der Waals surface area contributed by atoms with E-state index in [2.05, 4.69) is 5.32 Å². The topological polar surface area (TPSA) is 75.7 Å². The minimum Gasteiger partial charge on any atom is -0.495 e. The van der Waals surface area contributed by atoms with Crippen LogP contribution in [0, 0.1) is 6.92 Å². The Labute approximate surface area is 175 Å². The first-order valence-corrected chi connectivity index (χ1v) is 11.1. The van der Waals surface area contributed by atoms with Crippen LogP contribution in [0.5, 0.6) is 5.75 Å². The SMILES string of the molecule is CC[C@H](C(=O)Nc1cc(Cl)ccc1C)N(c1ccc(OC)c(Cl)c1)S(C)(=O)=O. The average Bonchev–Trinajstić information content (AvgIpc) is 2.61. The Hall–Kier alpha value is -1.96. The number of anilines is 2. The largest absolute Gasteiger partial charge is 0.495 e. The summed E-state index contributed by atoms with van der Waals surface area (Å²) in [5.41, 5.74) is 1.61. The van der Waals surface area contributed by atoms with Gasteiger partial charge in [0.1, 0.15) is 11.8 Å². The molecule has 0 heterocycles. The highest BCUT2D eigenvalue weighted by Crippen LogP contribution is 2.32. The fourth-order valence-electron chi connectivity index (χ4n) is 2.80. The van der Waals surface area contributed by atoms with Crippen molar-refractivity contribution in [2.45, 2.75) is 26.3 Å². The van der Waals surface area contributed by atoms with Gasteiger partial charge in [0.25, 0.3) is 0 Å². The van der Waals surface area contributed by atoms with E-state index in [4.69, 9.17) is 27.9 Å². The lowest BCUT2D eigenvalue weighted by Gasteiger charge is -2.30. The summed E-state index contributed by atoms with van der Waals surface area (Å²) in [6.45, 7) is 3.56. The Balaban J connectivity index is 2.44. The first-order chi connectivity index (χ1) is 13.1. The number of ether oxygens (including phenoxy) is 1. The summed E-state index contributed by atoms with van der Waals surface area (Å²) in [6, 6.07) is 8.70. The summed E-state index contributed by atoms with van der Waals surface area (Å²) >= 11 is 12.2. The van der Waals surface area contributed by atoms with Crippen LogP contribution in [-0.2, 0) is 14.8 Å². The zero-order valence-corrected chi connectivity index (χ0v) is 18.3. The Kier molecular flexibility index (Phi) is 7.20. The van der Waals surface area contributed by atoms with Crippen molar-refractivity contribution >= 4 is 50.5 Å². The molecule has 0 aliphatic heterocycles. The maximum absolute atomic E-state index is 13.0. The molecule has 1 amide bonds. The van der Waals surface area contributed by atoms with E-state index in [1.807, 2.05) is 6.92 Å². The number of halogens is 2. The molecule has 2 aromatic carbocycles. The first-order valence-electron chi connectivity index (χ1n) is 8.48. The summed E-state index contributed by atoms with van der Waals surface area (Å²) in [5, 5.41) is 3.49. The van der Waals surface area contributed by atoms with E-state index in [9.17, 15) is 13.2 Å². The molecule has 0 unspecified atom stereocenters. The van der Waals surface area contributed by atoms with Crippen LogP contribution in [0.3, 0.4) is 0 Å². The van der Waals surface area contributed by atoms with Crippen molar-refractivity contribution in [2.24, 2.45) is 0 Å². The minimum atomic E-state index is -3.77. The molecule has 0 bridgehead atoms. The number of carbonyl (C=O) groups is 1. The standard InChI is InChI=1S/C19H22Cl2N2O4S/c1-5-17(19(24)22-16-10-13(20)7-6-12(16)2)23(28(4,25)26)14-8-9-18(27-3)15(21)11-14/h6-11,17H,5H2,1-4H3,(H,22,24)/t17-/m1/s1. The van der Waals surface area contributed by atoms with Crippen molar-refractivity contribution in [3.05, 3.63) is 52.0 Å². The Morgan fingerprint density at radius 2 is 1.89 bits per heavy atom. The molecule has 28 heavy (non-hydrogen) atoms. The predicted molar refractivity (Wildman–Crippen MR) is 114 cm³/mol. The van der Waals surface area contributed by atoms with Gasteiger partial charge >= 0.3 is 0 Å². The predicted octanol–water partition coefficient (Wildman–Crippen LogP) is 4.49. The second kappa shape index (κ2) is 9.03. The summed E-state index contributed by atoms with van der Waals surface area (Å²) in [5.74, 6) is -0.0591. The highest BCUT2D eigenvalue weighted by molar-refractivity contribution is 7.92. The molecule has 0 fully saturated rings. The van der Waals surface area contributed by atoms with Crippen LogP contribution < -0.4 is 14.4 Å². The van der Waals surface area contributed by atoms with Crippen LogP contribution in [0.4, 0.5) is 11.4 Å². The summed E-state index contributed by atoms with van der Waals surface area (Å²) in [7, 11) is -2.31. The molecule has 2 rings (SSSR count). The van der Waals surface area contributed by atoms with E-state index < -0.39 is 22.0 Å². The average molecular weight is 445 g/mol. The summed E-state index contributed by atoms with van der Waals surface area (Å²) in [6.07, 6.45) is 1.30. The molecule has 1 N–H and O–H groups in total. The second-order valence-corrected chi connectivity index (χ2v) is 8.95. The lowest BCUT2D eigenvalue weighted by molar-refractivity contribution is -0.117. The van der Waals surface area contributed by atoms with Crippen LogP contribution in [-0.4, -0.2) is 33.7 Å². The van der Waals surface area contributed by atoms with Gasteiger partial charge in [-0.1, -0.05) is 36.2 Å². The molecule has 0 saturated heterocycles. The zero-order chi connectivity index (χ0) is 21.1. The highest BCUT2D eigenvalue weighted by Gasteiger charge is 2.32. The van der Waals surface area contributed by atoms with Crippen LogP contribution in [0.1, 0.15) is 18.9 Å². The van der Waals surface area contributed by atoms with Crippen molar-refractivity contribution in [1.29, 1.82) is 0 Å². The third-order valence-electron chi connectivity index (χ3n) is 4.18. The van der Waals surface area contributed by atoms with E-state index in [-0.39, 0.29) is 17.1 Å². The lowest BCUT2D eigenvalue weighted by atomic mass is 10.1. The van der Waals surface area contributed by atoms with Crippen LogP contribution >= 0.6 is 23.2 Å². The van der Waals surface area contributed by atoms with E-state index in [0.29, 0.717) is 16.5 Å². The molecule has 0 saturated carbocycles. The van der Waals surface area contributed by atoms with Crippen molar-refractivity contribution in [3.8, 4) is 5.75 Å². The molecule has 152 valence electrons. The van der Waals surface area contributed by atoms with Gasteiger partial charge in [-0.25, -0.2) is 8.42 Å². The number of methoxy groups -OCH3 is 1. The molecular formula is C19H22Cl2N2O4S. The molecule has 9 heteroatoms. The Bertz CT molecular complexity index is 980. The maximum atomic E-state index is 13.0. The Morgan fingerprint density at radius 3 is 2.43 bits per heavy atom. The van der Waals surface area contributed by atoms with Gasteiger partial charge in [-0.2, -0.15) is 0 Å². The van der Waals surface area contributed by atoms with Gasteiger partial charge in [0.2, 0.25) is 15.9 Å². The third-order valence-corrected chi connectivity index (χ3v) is 5.89. The van der Waals surface area contributed by atoms with Gasteiger partial charge in [-0.05, 0) is 49.2 Å². The van der Waals surface area contributed by atoms with Crippen LogP contribution in [0.25, 0.3) is 0 Å². The van der Waals surface area contributed by atoms with Gasteiger partial charge < -0.3 is 10.1 Å². The fraction of sp³-hybridized carbons (Fsp3) is 0.316. The highest BCUT2D eigenvalue weighted by atomic mass is 35.5. The van der Waals surface area contributed by atoms with E-state index in [1.54, 1.807) is 37.3 Å². The molecule has 0 aliphatic rings. The number of amides is 1. The van der Waals surface area contributed by atoms with E-state index in [1.165, 1.54) is 13.2 Å². The van der Waals surface area contributed by atoms with E-state index >= 15 is 0 Å². The van der Waals surface area contributed by atoms with Crippen molar-refractivity contribution in [3.63, 3.8) is 0 Å². The van der Waals surface area contributed by atoms with Crippen molar-refractivity contribution in [1.82, 2.24) is 0 Å². The van der Waals surface area contributed by atoms with Gasteiger partial charge in [0.15, 0.2) is 0 Å². The normalized spacial score (nSPS) is 12.4. The molecule has 0 spiro atoms. The lowest BCUT2D eigenvalue weighted by Crippen LogP contribution is -2.47. The van der Waals surface area contributed by atoms with Gasteiger partial charge in [0.05, 0.1) is 24.1 Å². The fourth-order valence-corrected chi connectivity index (χ4v) is 4.43. The van der Waals surface area contributed by atoms with Crippen molar-refractivity contribution in [2.75, 3.05) is 23.0 Å². The monoisotopic (exact) mass is 444 g/mol. The van der Waals surface area contributed by atoms with Gasteiger partial charge in [-0.3, -0.25) is 9.10 Å². The van der Waals surface area contributed by atoms with Crippen molar-refractivity contribution < 1.29 is 17.9 Å². The summed E-state index contributed by atoms with van der Waals surface area (Å²) in [4.78, 5) is 13.0. The number of rotatable bonds is 7. The molecule has 1 atom stereocenters. The minimum absolute atomic E-state index is 0.245. The van der Waals surface area contributed by atoms with Crippen LogP contribution in [0.15, 0.2) is 36.4 Å². The quantitative estimate of drug-likeness (QED) is 0.681. The number of sulfonamides is 1. The number of nitrogens with one attached hydrogen (secondary N) is 1. The first kappa shape index (κ1) is 22.3. The second-order valence-electron chi connectivity index (χ2n) is 6.25. The van der Waals surface area contributed by atoms with Gasteiger partial charge in [0, 0.05) is 10.7 Å². The van der Waals surface area contributed by atoms with Gasteiger partial charge in [-0.15, -0.1) is 0 Å². The molecule has 0 aliphatic carbocycles. The third kappa shape index (κ3) is 5.10. The smallest absolute Gasteiger partial charge is 0.248 e. The summed E-state index contributed by atoms with van der Waals surface area (Å²) < 4.78 is 31.2. The number of aryl methyl sites for hydroxylation is 1. The number of benzene rings is 2. The molecule has 0 aromatic heterocycles. The van der Waals surface area contributed by atoms with Crippen LogP contribution in [0.2, 0.25) is 10.0 Å². The Morgan fingerprint density at radius 1 is 1.21 bits per heavy atom. The number of hydrogen-bond acceptors (Lipinski definition) is 4. The van der Waals surface area contributed by atoms with E-state index in [0.717, 1.165) is 16.1 Å². The number of nitrogens with zero attached hydrogens (tertiary/aromatic N) is 1. The molecule has 2 aromatic rings. The number of carbonyl (C=O) groups excluding carboxylic acids is 1. The number of hydrogen-bond donors (Lipinski definition) is 1. The molecule has 0 radical (unpaired) electrons. The zero-order valence-electron chi connectivity index (χ0n) is 16.0.